The first-order valence-corrected chi connectivity index (χ1v) is 6.77. The van der Waals surface area contributed by atoms with Gasteiger partial charge < -0.3 is 5.32 Å². The molecule has 2 N–H and O–H groups in total. The lowest BCUT2D eigenvalue weighted by Gasteiger charge is -2.05. The molecule has 0 saturated carbocycles. The van der Waals surface area contributed by atoms with Crippen molar-refractivity contribution in [3.05, 3.63) is 54.4 Å². The van der Waals surface area contributed by atoms with E-state index in [1.165, 1.54) is 6.20 Å². The quantitative estimate of drug-likeness (QED) is 0.707. The molecule has 0 atom stereocenters. The van der Waals surface area contributed by atoms with Gasteiger partial charge in [0.05, 0.1) is 5.69 Å². The van der Waals surface area contributed by atoms with Crippen LogP contribution in [0.5, 0.6) is 0 Å². The van der Waals surface area contributed by atoms with E-state index in [9.17, 15) is 0 Å². The van der Waals surface area contributed by atoms with Crippen molar-refractivity contribution in [3.8, 4) is 17.3 Å². The van der Waals surface area contributed by atoms with E-state index in [0.717, 1.165) is 16.9 Å². The molecular weight excluding hydrogens is 292 g/mol. The second-order valence-corrected chi connectivity index (χ2v) is 4.62. The zero-order valence-electron chi connectivity index (χ0n) is 12.2. The van der Waals surface area contributed by atoms with Gasteiger partial charge in [-0.25, -0.2) is 9.97 Å². The first-order chi connectivity index (χ1) is 11.3. The van der Waals surface area contributed by atoms with Crippen LogP contribution < -0.4 is 5.32 Å². The number of nitrogens with zero attached hydrogens (tertiary/aromatic N) is 6. The molecule has 0 bridgehead atoms. The summed E-state index contributed by atoms with van der Waals surface area (Å²) in [5.41, 5.74) is 2.88. The minimum absolute atomic E-state index is 0.238. The summed E-state index contributed by atoms with van der Waals surface area (Å²) in [6.45, 7) is 1.85. The number of rotatable bonds is 4. The van der Waals surface area contributed by atoms with E-state index < -0.39 is 0 Å². The van der Waals surface area contributed by atoms with Crippen LogP contribution in [0, 0.1) is 18.3 Å². The molecule has 2 heterocycles. The number of tetrazole rings is 1. The minimum atomic E-state index is 0.238. The molecule has 0 amide bonds. The standard InChI is InChI=1S/C15H12N8/c1-10-17-6-5-14(19-10)11-3-2-4-13(7-11)18-9-12(8-16)15-20-22-23-21-15/h2-7,9,18H,1H3,(H,20,21,22,23). The number of nitrogens with one attached hydrogen (secondary N) is 2. The molecule has 0 aliphatic rings. The molecule has 0 fully saturated rings. The lowest BCUT2D eigenvalue weighted by molar-refractivity contribution is 0.881. The highest BCUT2D eigenvalue weighted by molar-refractivity contribution is 5.74. The van der Waals surface area contributed by atoms with Crippen molar-refractivity contribution < 1.29 is 0 Å². The number of H-pyrrole nitrogens is 1. The Hall–Kier alpha value is -3.60. The third-order valence-corrected chi connectivity index (χ3v) is 3.02. The Morgan fingerprint density at radius 1 is 1.35 bits per heavy atom. The largest absolute Gasteiger partial charge is 0.360 e. The number of aromatic amines is 1. The molecule has 3 rings (SSSR count). The smallest absolute Gasteiger partial charge is 0.216 e. The van der Waals surface area contributed by atoms with Crippen molar-refractivity contribution in [2.24, 2.45) is 0 Å². The lowest BCUT2D eigenvalue weighted by Crippen LogP contribution is -1.94. The van der Waals surface area contributed by atoms with Gasteiger partial charge in [-0.05, 0) is 30.3 Å². The van der Waals surface area contributed by atoms with Gasteiger partial charge in [-0.1, -0.05) is 12.1 Å². The molecule has 1 aromatic carbocycles. The Morgan fingerprint density at radius 2 is 2.26 bits per heavy atom. The van der Waals surface area contributed by atoms with Crippen LogP contribution in [0.4, 0.5) is 5.69 Å². The zero-order valence-corrected chi connectivity index (χ0v) is 12.2. The molecule has 0 aliphatic heterocycles. The number of benzene rings is 1. The maximum absolute atomic E-state index is 9.14. The molecule has 3 aromatic rings. The lowest BCUT2D eigenvalue weighted by atomic mass is 10.1. The number of hydrogen-bond acceptors (Lipinski definition) is 7. The highest BCUT2D eigenvalue weighted by Crippen LogP contribution is 2.21. The highest BCUT2D eigenvalue weighted by atomic mass is 15.5. The molecular formula is C15H12N8. The average molecular weight is 304 g/mol. The Morgan fingerprint density at radius 3 is 3.00 bits per heavy atom. The maximum atomic E-state index is 9.14. The van der Waals surface area contributed by atoms with Crippen molar-refractivity contribution in [2.45, 2.75) is 6.92 Å². The Balaban J connectivity index is 1.85. The van der Waals surface area contributed by atoms with Crippen LogP contribution in [0.2, 0.25) is 0 Å². The maximum Gasteiger partial charge on any atom is 0.216 e. The van der Waals surface area contributed by atoms with Gasteiger partial charge in [0.15, 0.2) is 0 Å². The number of aromatic nitrogens is 6. The van der Waals surface area contributed by atoms with E-state index in [1.54, 1.807) is 6.20 Å². The fourth-order valence-electron chi connectivity index (χ4n) is 1.96. The molecule has 23 heavy (non-hydrogen) atoms. The van der Waals surface area contributed by atoms with Crippen LogP contribution in [-0.2, 0) is 0 Å². The van der Waals surface area contributed by atoms with Crippen LogP contribution in [0.1, 0.15) is 11.6 Å². The summed E-state index contributed by atoms with van der Waals surface area (Å²) >= 11 is 0. The van der Waals surface area contributed by atoms with Crippen LogP contribution in [0.25, 0.3) is 16.8 Å². The van der Waals surface area contributed by atoms with Crippen molar-refractivity contribution in [1.29, 1.82) is 5.26 Å². The predicted molar refractivity (Wildman–Crippen MR) is 83.6 cm³/mol. The van der Waals surface area contributed by atoms with Gasteiger partial charge in [-0.3, -0.25) is 0 Å². The fraction of sp³-hybridized carbons (Fsp3) is 0.0667. The molecule has 0 aliphatic carbocycles. The topological polar surface area (TPSA) is 116 Å². The number of allylic oxidation sites excluding steroid dienone is 1. The molecule has 8 heteroatoms. The summed E-state index contributed by atoms with van der Waals surface area (Å²) in [4.78, 5) is 8.49. The monoisotopic (exact) mass is 304 g/mol. The van der Waals surface area contributed by atoms with E-state index in [0.29, 0.717) is 5.82 Å². The Bertz CT molecular complexity index is 876. The number of anilines is 1. The Labute approximate surface area is 131 Å². The highest BCUT2D eigenvalue weighted by Gasteiger charge is 2.06. The molecule has 8 nitrogen and oxygen atoms in total. The van der Waals surface area contributed by atoms with Crippen LogP contribution >= 0.6 is 0 Å². The van der Waals surface area contributed by atoms with Crippen LogP contribution in [0.15, 0.2) is 42.7 Å². The second-order valence-electron chi connectivity index (χ2n) is 4.62. The van der Waals surface area contributed by atoms with E-state index in [4.69, 9.17) is 5.26 Å². The zero-order chi connectivity index (χ0) is 16.1. The summed E-state index contributed by atoms with van der Waals surface area (Å²) in [5, 5.41) is 25.5. The summed E-state index contributed by atoms with van der Waals surface area (Å²) in [6.07, 6.45) is 3.26. The molecule has 0 radical (unpaired) electrons. The van der Waals surface area contributed by atoms with E-state index >= 15 is 0 Å². The fourth-order valence-corrected chi connectivity index (χ4v) is 1.96. The number of aryl methyl sites for hydroxylation is 1. The SMILES string of the molecule is Cc1nccc(-c2cccc(NC=C(C#N)c3nn[nH]n3)c2)n1. The molecule has 112 valence electrons. The molecule has 0 unspecified atom stereocenters. The summed E-state index contributed by atoms with van der Waals surface area (Å²) in [7, 11) is 0. The van der Waals surface area contributed by atoms with E-state index in [2.05, 4.69) is 35.9 Å². The number of nitriles is 1. The molecule has 0 spiro atoms. The van der Waals surface area contributed by atoms with Crippen molar-refractivity contribution in [2.75, 3.05) is 5.32 Å². The molecule has 0 saturated heterocycles. The van der Waals surface area contributed by atoms with Gasteiger partial charge in [-0.15, -0.1) is 10.2 Å². The predicted octanol–water partition coefficient (Wildman–Crippen LogP) is 1.94. The minimum Gasteiger partial charge on any atom is -0.360 e. The first kappa shape index (κ1) is 14.3. The van der Waals surface area contributed by atoms with Gasteiger partial charge in [-0.2, -0.15) is 10.5 Å². The van der Waals surface area contributed by atoms with Gasteiger partial charge in [0, 0.05) is 23.6 Å². The van der Waals surface area contributed by atoms with Gasteiger partial charge in [0.25, 0.3) is 0 Å². The van der Waals surface area contributed by atoms with Gasteiger partial charge in [0.2, 0.25) is 5.82 Å². The first-order valence-electron chi connectivity index (χ1n) is 6.77. The van der Waals surface area contributed by atoms with E-state index in [1.807, 2.05) is 43.3 Å². The second kappa shape index (κ2) is 6.44. The van der Waals surface area contributed by atoms with Crippen molar-refractivity contribution in [1.82, 2.24) is 30.6 Å². The molecule has 2 aromatic heterocycles. The summed E-state index contributed by atoms with van der Waals surface area (Å²) in [6, 6.07) is 11.6. The van der Waals surface area contributed by atoms with Gasteiger partial charge in [0.1, 0.15) is 17.5 Å². The Kier molecular flexibility index (Phi) is 4.02. The van der Waals surface area contributed by atoms with Crippen molar-refractivity contribution in [3.63, 3.8) is 0 Å². The summed E-state index contributed by atoms with van der Waals surface area (Å²) in [5.74, 6) is 0.951. The summed E-state index contributed by atoms with van der Waals surface area (Å²) < 4.78 is 0. The van der Waals surface area contributed by atoms with Gasteiger partial charge >= 0.3 is 0 Å². The third kappa shape index (κ3) is 3.36. The normalized spacial score (nSPS) is 11.0. The van der Waals surface area contributed by atoms with Crippen LogP contribution in [0.3, 0.4) is 0 Å². The third-order valence-electron chi connectivity index (χ3n) is 3.02. The average Bonchev–Trinajstić information content (AvgIpc) is 3.10. The number of hydrogen-bond donors (Lipinski definition) is 2. The van der Waals surface area contributed by atoms with Crippen molar-refractivity contribution >= 4 is 11.3 Å². The van der Waals surface area contributed by atoms with E-state index in [-0.39, 0.29) is 11.4 Å². The van der Waals surface area contributed by atoms with Crippen LogP contribution in [-0.4, -0.2) is 30.6 Å².